The SMILES string of the molecule is CN(C)C(=O)NCCNC(=O)C1(CN)CCOCC1. The molecule has 0 bridgehead atoms. The Bertz CT molecular complexity index is 314. The first-order valence-electron chi connectivity index (χ1n) is 6.53. The highest BCUT2D eigenvalue weighted by molar-refractivity contribution is 5.83. The Hall–Kier alpha value is -1.34. The maximum atomic E-state index is 12.2. The minimum Gasteiger partial charge on any atom is -0.381 e. The molecule has 1 heterocycles. The van der Waals surface area contributed by atoms with Crippen LogP contribution in [0.1, 0.15) is 12.8 Å². The summed E-state index contributed by atoms with van der Waals surface area (Å²) in [6, 6.07) is -0.172. The molecule has 19 heavy (non-hydrogen) atoms. The van der Waals surface area contributed by atoms with Crippen LogP contribution in [0.3, 0.4) is 0 Å². The number of urea groups is 1. The molecule has 3 amide bonds. The summed E-state index contributed by atoms with van der Waals surface area (Å²) in [5.41, 5.74) is 5.23. The van der Waals surface area contributed by atoms with Crippen LogP contribution in [-0.2, 0) is 9.53 Å². The number of nitrogens with two attached hydrogens (primary N) is 1. The summed E-state index contributed by atoms with van der Waals surface area (Å²) < 4.78 is 5.26. The van der Waals surface area contributed by atoms with Gasteiger partial charge in [-0.1, -0.05) is 0 Å². The molecule has 0 aromatic heterocycles. The third-order valence-electron chi connectivity index (χ3n) is 3.42. The highest BCUT2D eigenvalue weighted by Gasteiger charge is 2.38. The Kier molecular flexibility index (Phi) is 6.04. The second kappa shape index (κ2) is 7.30. The van der Waals surface area contributed by atoms with Crippen LogP contribution < -0.4 is 16.4 Å². The number of rotatable bonds is 5. The zero-order valence-electron chi connectivity index (χ0n) is 11.7. The van der Waals surface area contributed by atoms with Gasteiger partial charge in [0.15, 0.2) is 0 Å². The maximum Gasteiger partial charge on any atom is 0.316 e. The first-order chi connectivity index (χ1) is 9.02. The normalized spacial score (nSPS) is 17.6. The molecule has 0 unspecified atom stereocenters. The van der Waals surface area contributed by atoms with Gasteiger partial charge in [-0.05, 0) is 12.8 Å². The summed E-state index contributed by atoms with van der Waals surface area (Å²) in [4.78, 5) is 24.9. The third-order valence-corrected chi connectivity index (χ3v) is 3.42. The van der Waals surface area contributed by atoms with Crippen molar-refractivity contribution in [1.82, 2.24) is 15.5 Å². The fourth-order valence-corrected chi connectivity index (χ4v) is 1.98. The lowest BCUT2D eigenvalue weighted by molar-refractivity contribution is -0.135. The molecule has 0 radical (unpaired) electrons. The number of nitrogens with one attached hydrogen (secondary N) is 2. The van der Waals surface area contributed by atoms with Crippen LogP contribution in [0.25, 0.3) is 0 Å². The molecule has 0 aliphatic carbocycles. The van der Waals surface area contributed by atoms with Gasteiger partial charge in [-0.25, -0.2) is 4.79 Å². The molecular formula is C12H24N4O3. The highest BCUT2D eigenvalue weighted by atomic mass is 16.5. The van der Waals surface area contributed by atoms with Crippen LogP contribution in [0.4, 0.5) is 4.79 Å². The number of ether oxygens (including phenoxy) is 1. The molecule has 0 atom stereocenters. The van der Waals surface area contributed by atoms with Gasteiger partial charge in [0.1, 0.15) is 0 Å². The number of nitrogens with zero attached hydrogens (tertiary/aromatic N) is 1. The molecule has 1 saturated heterocycles. The van der Waals surface area contributed by atoms with E-state index >= 15 is 0 Å². The van der Waals surface area contributed by atoms with Crippen molar-refractivity contribution in [3.05, 3.63) is 0 Å². The van der Waals surface area contributed by atoms with Crippen LogP contribution in [0, 0.1) is 5.41 Å². The summed E-state index contributed by atoms with van der Waals surface area (Å²) in [6.45, 7) is 2.27. The smallest absolute Gasteiger partial charge is 0.316 e. The molecule has 0 saturated carbocycles. The van der Waals surface area contributed by atoms with Gasteiger partial charge in [0, 0.05) is 46.9 Å². The molecule has 110 valence electrons. The van der Waals surface area contributed by atoms with Gasteiger partial charge in [-0.3, -0.25) is 4.79 Å². The fourth-order valence-electron chi connectivity index (χ4n) is 1.98. The topological polar surface area (TPSA) is 96.7 Å². The van der Waals surface area contributed by atoms with Crippen molar-refractivity contribution in [3.63, 3.8) is 0 Å². The number of hydrogen-bond acceptors (Lipinski definition) is 4. The van der Waals surface area contributed by atoms with Crippen molar-refractivity contribution in [3.8, 4) is 0 Å². The number of amides is 3. The first kappa shape index (κ1) is 15.7. The van der Waals surface area contributed by atoms with E-state index in [4.69, 9.17) is 10.5 Å². The summed E-state index contributed by atoms with van der Waals surface area (Å²) in [7, 11) is 3.33. The highest BCUT2D eigenvalue weighted by Crippen LogP contribution is 2.29. The Morgan fingerprint density at radius 2 is 1.79 bits per heavy atom. The molecule has 7 nitrogen and oxygen atoms in total. The molecule has 0 aromatic carbocycles. The third kappa shape index (κ3) is 4.36. The number of hydrogen-bond donors (Lipinski definition) is 3. The molecule has 7 heteroatoms. The molecule has 0 aromatic rings. The fraction of sp³-hybridized carbons (Fsp3) is 0.833. The predicted octanol–water partition coefficient (Wildman–Crippen LogP) is -0.871. The lowest BCUT2D eigenvalue weighted by Crippen LogP contribution is -2.50. The lowest BCUT2D eigenvalue weighted by Gasteiger charge is -2.34. The van der Waals surface area contributed by atoms with Crippen LogP contribution in [-0.4, -0.2) is 63.8 Å². The van der Waals surface area contributed by atoms with Gasteiger partial charge < -0.3 is 26.0 Å². The number of carbonyl (C=O) groups excluding carboxylic acids is 2. The summed E-state index contributed by atoms with van der Waals surface area (Å²) in [5, 5.41) is 5.52. The Morgan fingerprint density at radius 1 is 1.21 bits per heavy atom. The zero-order chi connectivity index (χ0) is 14.3. The van der Waals surface area contributed by atoms with Gasteiger partial charge in [0.25, 0.3) is 0 Å². The predicted molar refractivity (Wildman–Crippen MR) is 71.6 cm³/mol. The van der Waals surface area contributed by atoms with E-state index in [1.165, 1.54) is 4.90 Å². The van der Waals surface area contributed by atoms with Crippen molar-refractivity contribution < 1.29 is 14.3 Å². The van der Waals surface area contributed by atoms with Gasteiger partial charge >= 0.3 is 6.03 Å². The van der Waals surface area contributed by atoms with E-state index in [0.29, 0.717) is 45.7 Å². The quantitative estimate of drug-likeness (QED) is 0.567. The van der Waals surface area contributed by atoms with Crippen LogP contribution in [0.15, 0.2) is 0 Å². The summed E-state index contributed by atoms with van der Waals surface area (Å²) in [5.74, 6) is -0.0441. The molecular weight excluding hydrogens is 248 g/mol. The molecule has 4 N–H and O–H groups in total. The maximum absolute atomic E-state index is 12.2. The van der Waals surface area contributed by atoms with Gasteiger partial charge in [0.2, 0.25) is 5.91 Å². The number of carbonyl (C=O) groups is 2. The van der Waals surface area contributed by atoms with Crippen LogP contribution in [0.2, 0.25) is 0 Å². The standard InChI is InChI=1S/C12H24N4O3/c1-16(2)11(18)15-6-5-14-10(17)12(9-13)3-7-19-8-4-12/h3-9,13H2,1-2H3,(H,14,17)(H,15,18). The molecule has 1 aliphatic heterocycles. The van der Waals surface area contributed by atoms with Gasteiger partial charge in [-0.15, -0.1) is 0 Å². The monoisotopic (exact) mass is 272 g/mol. The van der Waals surface area contributed by atoms with Crippen molar-refractivity contribution in [2.75, 3.05) is 46.9 Å². The van der Waals surface area contributed by atoms with E-state index in [2.05, 4.69) is 10.6 Å². The largest absolute Gasteiger partial charge is 0.381 e. The molecule has 0 spiro atoms. The van der Waals surface area contributed by atoms with Crippen molar-refractivity contribution in [1.29, 1.82) is 0 Å². The van der Waals surface area contributed by atoms with E-state index in [9.17, 15) is 9.59 Å². The second-order valence-electron chi connectivity index (χ2n) is 4.98. The first-order valence-corrected chi connectivity index (χ1v) is 6.53. The van der Waals surface area contributed by atoms with E-state index in [-0.39, 0.29) is 11.9 Å². The Balaban J connectivity index is 2.31. The minimum atomic E-state index is -0.510. The van der Waals surface area contributed by atoms with Gasteiger partial charge in [-0.2, -0.15) is 0 Å². The van der Waals surface area contributed by atoms with Crippen molar-refractivity contribution >= 4 is 11.9 Å². The molecule has 1 fully saturated rings. The zero-order valence-corrected chi connectivity index (χ0v) is 11.7. The summed E-state index contributed by atoms with van der Waals surface area (Å²) >= 11 is 0. The van der Waals surface area contributed by atoms with Crippen LogP contribution in [0.5, 0.6) is 0 Å². The average molecular weight is 272 g/mol. The molecule has 1 rings (SSSR count). The van der Waals surface area contributed by atoms with Crippen LogP contribution >= 0.6 is 0 Å². The van der Waals surface area contributed by atoms with E-state index in [1.807, 2.05) is 0 Å². The van der Waals surface area contributed by atoms with Crippen molar-refractivity contribution in [2.24, 2.45) is 11.1 Å². The Labute approximate surface area is 113 Å². The van der Waals surface area contributed by atoms with E-state index in [0.717, 1.165) is 0 Å². The Morgan fingerprint density at radius 3 is 2.32 bits per heavy atom. The second-order valence-corrected chi connectivity index (χ2v) is 4.98. The average Bonchev–Trinajstić information content (AvgIpc) is 2.43. The summed E-state index contributed by atoms with van der Waals surface area (Å²) in [6.07, 6.45) is 1.30. The minimum absolute atomic E-state index is 0.0441. The van der Waals surface area contributed by atoms with E-state index in [1.54, 1.807) is 14.1 Å². The van der Waals surface area contributed by atoms with Crippen molar-refractivity contribution in [2.45, 2.75) is 12.8 Å². The lowest BCUT2D eigenvalue weighted by atomic mass is 9.79. The van der Waals surface area contributed by atoms with Gasteiger partial charge in [0.05, 0.1) is 5.41 Å². The van der Waals surface area contributed by atoms with E-state index < -0.39 is 5.41 Å². The molecule has 1 aliphatic rings.